The number of hydrogen-bond donors (Lipinski definition) is 0. The van der Waals surface area contributed by atoms with Gasteiger partial charge in [0.05, 0.1) is 26.0 Å². The number of carbonyl (C=O) groups excluding carboxylic acids is 1. The number of aromatic nitrogens is 2. The molecular formula is C24H27N3O4S. The van der Waals surface area contributed by atoms with E-state index in [-0.39, 0.29) is 17.7 Å². The van der Waals surface area contributed by atoms with E-state index in [1.807, 2.05) is 41.3 Å². The first-order valence-corrected chi connectivity index (χ1v) is 11.7. The minimum absolute atomic E-state index is 0.0778. The van der Waals surface area contributed by atoms with Gasteiger partial charge in [0.2, 0.25) is 11.8 Å². The van der Waals surface area contributed by atoms with Crippen LogP contribution >= 0.6 is 11.8 Å². The second kappa shape index (κ2) is 10.5. The largest absolute Gasteiger partial charge is 0.497 e. The summed E-state index contributed by atoms with van der Waals surface area (Å²) in [5.41, 5.74) is 1.95. The van der Waals surface area contributed by atoms with Crippen molar-refractivity contribution in [2.45, 2.75) is 36.9 Å². The lowest BCUT2D eigenvalue weighted by Gasteiger charge is -2.30. The molecule has 4 rings (SSSR count). The molecule has 1 fully saturated rings. The van der Waals surface area contributed by atoms with Gasteiger partial charge in [-0.2, -0.15) is 0 Å². The fourth-order valence-electron chi connectivity index (χ4n) is 3.90. The first kappa shape index (κ1) is 22.2. The van der Waals surface area contributed by atoms with Crippen molar-refractivity contribution in [1.29, 1.82) is 0 Å². The molecule has 1 amide bonds. The highest BCUT2D eigenvalue weighted by Gasteiger charge is 2.27. The molecule has 0 bridgehead atoms. The molecule has 3 aromatic rings. The molecule has 7 nitrogen and oxygen atoms in total. The van der Waals surface area contributed by atoms with E-state index in [1.165, 1.54) is 11.8 Å². The second-order valence-corrected chi connectivity index (χ2v) is 8.54. The first-order chi connectivity index (χ1) is 15.7. The van der Waals surface area contributed by atoms with Crippen LogP contribution < -0.4 is 9.47 Å². The Labute approximate surface area is 192 Å². The summed E-state index contributed by atoms with van der Waals surface area (Å²) in [6, 6.07) is 15.5. The minimum Gasteiger partial charge on any atom is -0.497 e. The summed E-state index contributed by atoms with van der Waals surface area (Å²) in [6.45, 7) is 0.761. The Kier molecular flexibility index (Phi) is 7.32. The molecule has 168 valence electrons. The summed E-state index contributed by atoms with van der Waals surface area (Å²) in [5, 5.41) is 8.60. The van der Waals surface area contributed by atoms with Crippen LogP contribution in [-0.2, 0) is 4.79 Å². The number of benzene rings is 2. The smallest absolute Gasteiger partial charge is 0.277 e. The molecule has 8 heteroatoms. The third-order valence-corrected chi connectivity index (χ3v) is 6.44. The zero-order valence-electron chi connectivity index (χ0n) is 18.3. The van der Waals surface area contributed by atoms with E-state index in [0.717, 1.165) is 54.9 Å². The van der Waals surface area contributed by atoms with Crippen molar-refractivity contribution in [2.24, 2.45) is 0 Å². The average molecular weight is 454 g/mol. The third kappa shape index (κ3) is 5.24. The number of thioether (sulfide) groups is 1. The van der Waals surface area contributed by atoms with Gasteiger partial charge >= 0.3 is 0 Å². The SMILES string of the molecule is COc1ccc(-c2nnc(SCC(=O)N3CCCCC[C@@H]3c3ccc(OC)cc3)o2)cc1. The lowest BCUT2D eigenvalue weighted by Crippen LogP contribution is -2.36. The normalized spacial score (nSPS) is 16.4. The molecule has 0 radical (unpaired) electrons. The van der Waals surface area contributed by atoms with Crippen molar-refractivity contribution < 1.29 is 18.7 Å². The lowest BCUT2D eigenvalue weighted by molar-refractivity contribution is -0.130. The zero-order valence-corrected chi connectivity index (χ0v) is 19.1. The highest BCUT2D eigenvalue weighted by molar-refractivity contribution is 7.99. The molecule has 1 saturated heterocycles. The highest BCUT2D eigenvalue weighted by atomic mass is 32.2. The van der Waals surface area contributed by atoms with E-state index >= 15 is 0 Å². The molecule has 2 heterocycles. The summed E-state index contributed by atoms with van der Waals surface area (Å²) in [5.74, 6) is 2.35. The van der Waals surface area contributed by atoms with Crippen molar-refractivity contribution >= 4 is 17.7 Å². The number of carbonyl (C=O) groups is 1. The number of methoxy groups -OCH3 is 2. The van der Waals surface area contributed by atoms with Crippen LogP contribution in [0.3, 0.4) is 0 Å². The van der Waals surface area contributed by atoms with Gasteiger partial charge < -0.3 is 18.8 Å². The number of hydrogen-bond acceptors (Lipinski definition) is 7. The van der Waals surface area contributed by atoms with E-state index in [2.05, 4.69) is 22.3 Å². The highest BCUT2D eigenvalue weighted by Crippen LogP contribution is 2.32. The van der Waals surface area contributed by atoms with Gasteiger partial charge in [-0.25, -0.2) is 0 Å². The summed E-state index contributed by atoms with van der Waals surface area (Å²) in [6.07, 6.45) is 4.23. The Morgan fingerprint density at radius 3 is 2.38 bits per heavy atom. The summed E-state index contributed by atoms with van der Waals surface area (Å²) in [4.78, 5) is 15.2. The topological polar surface area (TPSA) is 77.7 Å². The predicted octanol–water partition coefficient (Wildman–Crippen LogP) is 4.99. The predicted molar refractivity (Wildman–Crippen MR) is 123 cm³/mol. The van der Waals surface area contributed by atoms with Gasteiger partial charge in [0.25, 0.3) is 5.22 Å². The molecule has 0 N–H and O–H groups in total. The van der Waals surface area contributed by atoms with Crippen LogP contribution in [0.5, 0.6) is 11.5 Å². The van der Waals surface area contributed by atoms with E-state index in [1.54, 1.807) is 14.2 Å². The molecule has 2 aromatic carbocycles. The summed E-state index contributed by atoms with van der Waals surface area (Å²) < 4.78 is 16.2. The maximum absolute atomic E-state index is 13.2. The Balaban J connectivity index is 1.41. The van der Waals surface area contributed by atoms with Crippen molar-refractivity contribution in [3.63, 3.8) is 0 Å². The molecular weight excluding hydrogens is 426 g/mol. The Morgan fingerprint density at radius 1 is 1.00 bits per heavy atom. The van der Waals surface area contributed by atoms with E-state index < -0.39 is 0 Å². The van der Waals surface area contributed by atoms with Crippen LogP contribution in [0.4, 0.5) is 0 Å². The van der Waals surface area contributed by atoms with Crippen LogP contribution in [-0.4, -0.2) is 47.5 Å². The van der Waals surface area contributed by atoms with Gasteiger partial charge in [0.15, 0.2) is 0 Å². The average Bonchev–Trinajstić information content (AvgIpc) is 3.18. The van der Waals surface area contributed by atoms with Gasteiger partial charge in [-0.05, 0) is 54.8 Å². The Hall–Kier alpha value is -3.00. The number of likely N-dealkylation sites (tertiary alicyclic amines) is 1. The van der Waals surface area contributed by atoms with Gasteiger partial charge in [-0.1, -0.05) is 36.7 Å². The van der Waals surface area contributed by atoms with Crippen molar-refractivity contribution in [1.82, 2.24) is 15.1 Å². The fraction of sp³-hybridized carbons (Fsp3) is 0.375. The van der Waals surface area contributed by atoms with E-state index in [0.29, 0.717) is 11.1 Å². The maximum Gasteiger partial charge on any atom is 0.277 e. The molecule has 0 spiro atoms. The Bertz CT molecular complexity index is 1020. The number of amides is 1. The molecule has 32 heavy (non-hydrogen) atoms. The minimum atomic E-state index is 0.0778. The molecule has 1 atom stereocenters. The Morgan fingerprint density at radius 2 is 1.69 bits per heavy atom. The van der Waals surface area contributed by atoms with Crippen LogP contribution in [0.15, 0.2) is 58.2 Å². The van der Waals surface area contributed by atoms with E-state index in [4.69, 9.17) is 13.9 Å². The quantitative estimate of drug-likeness (QED) is 0.466. The van der Waals surface area contributed by atoms with Crippen molar-refractivity contribution in [3.8, 4) is 23.0 Å². The van der Waals surface area contributed by atoms with Gasteiger partial charge in [0.1, 0.15) is 11.5 Å². The van der Waals surface area contributed by atoms with Gasteiger partial charge in [-0.3, -0.25) is 4.79 Å². The number of nitrogens with zero attached hydrogens (tertiary/aromatic N) is 3. The lowest BCUT2D eigenvalue weighted by atomic mass is 10.0. The van der Waals surface area contributed by atoms with Crippen molar-refractivity contribution in [2.75, 3.05) is 26.5 Å². The van der Waals surface area contributed by atoms with Crippen LogP contribution in [0.2, 0.25) is 0 Å². The summed E-state index contributed by atoms with van der Waals surface area (Å²) >= 11 is 1.28. The maximum atomic E-state index is 13.2. The van der Waals surface area contributed by atoms with Gasteiger partial charge in [0, 0.05) is 12.1 Å². The van der Waals surface area contributed by atoms with Gasteiger partial charge in [-0.15, -0.1) is 10.2 Å². The fourth-order valence-corrected chi connectivity index (χ4v) is 4.55. The second-order valence-electron chi connectivity index (χ2n) is 7.62. The number of rotatable bonds is 7. The third-order valence-electron chi connectivity index (χ3n) is 5.64. The molecule has 1 aliphatic rings. The zero-order chi connectivity index (χ0) is 22.3. The molecule has 1 aromatic heterocycles. The van der Waals surface area contributed by atoms with Crippen LogP contribution in [0.25, 0.3) is 11.5 Å². The standard InChI is InChI=1S/C24H27N3O4S/c1-29-19-11-7-17(8-12-19)21-6-4-3-5-15-27(21)22(28)16-32-24-26-25-23(31-24)18-9-13-20(30-2)14-10-18/h7-14,21H,3-6,15-16H2,1-2H3/t21-/m1/s1. The number of ether oxygens (including phenoxy) is 2. The molecule has 0 unspecified atom stereocenters. The van der Waals surface area contributed by atoms with Crippen molar-refractivity contribution in [3.05, 3.63) is 54.1 Å². The van der Waals surface area contributed by atoms with Crippen LogP contribution in [0.1, 0.15) is 37.3 Å². The van der Waals surface area contributed by atoms with Crippen LogP contribution in [0, 0.1) is 0 Å². The summed E-state index contributed by atoms with van der Waals surface area (Å²) in [7, 11) is 3.28. The molecule has 0 saturated carbocycles. The molecule has 1 aliphatic heterocycles. The monoisotopic (exact) mass is 453 g/mol. The van der Waals surface area contributed by atoms with E-state index in [9.17, 15) is 4.79 Å². The first-order valence-electron chi connectivity index (χ1n) is 10.7. The molecule has 0 aliphatic carbocycles.